The predicted molar refractivity (Wildman–Crippen MR) is 85.2 cm³/mol. The van der Waals surface area contributed by atoms with Gasteiger partial charge in [-0.05, 0) is 18.4 Å². The predicted octanol–water partition coefficient (Wildman–Crippen LogP) is 2.03. The first-order valence-corrected chi connectivity index (χ1v) is 7.30. The molecule has 2 aromatic carbocycles. The molecule has 0 spiro atoms. The van der Waals surface area contributed by atoms with E-state index in [4.69, 9.17) is 9.84 Å². The van der Waals surface area contributed by atoms with Crippen molar-refractivity contribution in [3.63, 3.8) is 0 Å². The van der Waals surface area contributed by atoms with Gasteiger partial charge in [0.25, 0.3) is 0 Å². The number of hydrogen-bond donors (Lipinski definition) is 3. The number of fused-ring (bicyclic) bond motifs is 1. The Kier molecular flexibility index (Phi) is 5.75. The summed E-state index contributed by atoms with van der Waals surface area (Å²) in [5.41, 5.74) is 0. The van der Waals surface area contributed by atoms with Crippen LogP contribution in [0.4, 0.5) is 0 Å². The van der Waals surface area contributed by atoms with Crippen LogP contribution in [-0.4, -0.2) is 41.5 Å². The van der Waals surface area contributed by atoms with E-state index in [9.17, 15) is 9.90 Å². The Labute approximate surface area is 129 Å². The molecule has 2 aromatic rings. The minimum Gasteiger partial charge on any atom is -0.490 e. The molecule has 2 atom stereocenters. The highest BCUT2D eigenvalue weighted by molar-refractivity contribution is 5.88. The van der Waals surface area contributed by atoms with Gasteiger partial charge in [0, 0.05) is 18.0 Å². The standard InChI is InChI=1S/C17H21NO4/c1-12(9-17(20)21)18-10-14(19)11-22-16-8-4-6-13-5-2-3-7-15(13)16/h2-8,12,14,18-19H,9-11H2,1H3,(H,20,21). The fourth-order valence-electron chi connectivity index (χ4n) is 2.24. The minimum absolute atomic E-state index is 0.0247. The lowest BCUT2D eigenvalue weighted by atomic mass is 10.1. The highest BCUT2D eigenvalue weighted by atomic mass is 16.5. The molecule has 5 heteroatoms. The minimum atomic E-state index is -0.860. The van der Waals surface area contributed by atoms with Gasteiger partial charge in [0.1, 0.15) is 18.5 Å². The van der Waals surface area contributed by atoms with Crippen LogP contribution in [-0.2, 0) is 4.79 Å². The zero-order valence-corrected chi connectivity index (χ0v) is 12.5. The SMILES string of the molecule is CC(CC(=O)O)NCC(O)COc1cccc2ccccc12. The first kappa shape index (κ1) is 16.3. The molecular formula is C17H21NO4. The maximum Gasteiger partial charge on any atom is 0.304 e. The van der Waals surface area contributed by atoms with E-state index in [1.54, 1.807) is 6.92 Å². The van der Waals surface area contributed by atoms with Gasteiger partial charge in [0.05, 0.1) is 6.42 Å². The molecule has 0 aliphatic heterocycles. The molecule has 0 bridgehead atoms. The molecule has 22 heavy (non-hydrogen) atoms. The third-order valence-corrected chi connectivity index (χ3v) is 3.36. The monoisotopic (exact) mass is 303 g/mol. The van der Waals surface area contributed by atoms with Gasteiger partial charge in [0.15, 0.2) is 0 Å². The number of carbonyl (C=O) groups is 1. The molecule has 0 heterocycles. The van der Waals surface area contributed by atoms with Crippen molar-refractivity contribution in [3.8, 4) is 5.75 Å². The number of rotatable bonds is 8. The van der Waals surface area contributed by atoms with Gasteiger partial charge >= 0.3 is 5.97 Å². The summed E-state index contributed by atoms with van der Waals surface area (Å²) in [4.78, 5) is 10.6. The van der Waals surface area contributed by atoms with Gasteiger partial charge in [-0.1, -0.05) is 36.4 Å². The lowest BCUT2D eigenvalue weighted by Crippen LogP contribution is -2.37. The van der Waals surface area contributed by atoms with Gasteiger partial charge in [0.2, 0.25) is 0 Å². The number of nitrogens with one attached hydrogen (secondary N) is 1. The molecule has 5 nitrogen and oxygen atoms in total. The Morgan fingerprint density at radius 1 is 1.23 bits per heavy atom. The van der Waals surface area contributed by atoms with Crippen molar-refractivity contribution in [3.05, 3.63) is 42.5 Å². The largest absolute Gasteiger partial charge is 0.490 e. The van der Waals surface area contributed by atoms with Crippen LogP contribution in [0.5, 0.6) is 5.75 Å². The van der Waals surface area contributed by atoms with Crippen LogP contribution in [0.15, 0.2) is 42.5 Å². The van der Waals surface area contributed by atoms with E-state index in [1.165, 1.54) is 0 Å². The van der Waals surface area contributed by atoms with Crippen molar-refractivity contribution >= 4 is 16.7 Å². The van der Waals surface area contributed by atoms with Crippen LogP contribution < -0.4 is 10.1 Å². The summed E-state index contributed by atoms with van der Waals surface area (Å²) in [6.07, 6.45) is -0.674. The zero-order chi connectivity index (χ0) is 15.9. The van der Waals surface area contributed by atoms with Crippen LogP contribution in [0, 0.1) is 0 Å². The van der Waals surface area contributed by atoms with E-state index in [2.05, 4.69) is 5.32 Å². The molecule has 0 aliphatic carbocycles. The number of hydrogen-bond acceptors (Lipinski definition) is 4. The van der Waals surface area contributed by atoms with Crippen molar-refractivity contribution in [2.24, 2.45) is 0 Å². The summed E-state index contributed by atoms with van der Waals surface area (Å²) in [7, 11) is 0. The normalized spacial score (nSPS) is 13.7. The quantitative estimate of drug-likeness (QED) is 0.695. The molecule has 0 fully saturated rings. The van der Waals surface area contributed by atoms with Crippen molar-refractivity contribution in [1.29, 1.82) is 0 Å². The molecule has 0 saturated carbocycles. The van der Waals surface area contributed by atoms with Crippen LogP contribution in [0.2, 0.25) is 0 Å². The first-order valence-electron chi connectivity index (χ1n) is 7.30. The Morgan fingerprint density at radius 2 is 1.95 bits per heavy atom. The number of carboxylic acids is 1. The second kappa shape index (κ2) is 7.77. The third-order valence-electron chi connectivity index (χ3n) is 3.36. The molecule has 0 aliphatic rings. The number of benzene rings is 2. The average molecular weight is 303 g/mol. The summed E-state index contributed by atoms with van der Waals surface area (Å²) < 4.78 is 5.69. The van der Waals surface area contributed by atoms with Gasteiger partial charge < -0.3 is 20.3 Å². The van der Waals surface area contributed by atoms with E-state index >= 15 is 0 Å². The third kappa shape index (κ3) is 4.72. The van der Waals surface area contributed by atoms with Crippen molar-refractivity contribution in [2.45, 2.75) is 25.5 Å². The Bertz CT molecular complexity index is 624. The number of aliphatic hydroxyl groups excluding tert-OH is 1. The number of aliphatic hydroxyl groups is 1. The molecule has 0 amide bonds. The van der Waals surface area contributed by atoms with Crippen molar-refractivity contribution in [2.75, 3.05) is 13.2 Å². The van der Waals surface area contributed by atoms with E-state index in [-0.39, 0.29) is 19.1 Å². The van der Waals surface area contributed by atoms with Crippen LogP contribution in [0.3, 0.4) is 0 Å². The summed E-state index contributed by atoms with van der Waals surface area (Å²) >= 11 is 0. The van der Waals surface area contributed by atoms with Crippen LogP contribution in [0.1, 0.15) is 13.3 Å². The molecular weight excluding hydrogens is 282 g/mol. The number of ether oxygens (including phenoxy) is 1. The topological polar surface area (TPSA) is 78.8 Å². The van der Waals surface area contributed by atoms with E-state index in [0.717, 1.165) is 16.5 Å². The second-order valence-corrected chi connectivity index (χ2v) is 5.35. The second-order valence-electron chi connectivity index (χ2n) is 5.35. The molecule has 0 radical (unpaired) electrons. The summed E-state index contributed by atoms with van der Waals surface area (Å²) in [5, 5.41) is 23.7. The van der Waals surface area contributed by atoms with Crippen LogP contribution >= 0.6 is 0 Å². The van der Waals surface area contributed by atoms with E-state index < -0.39 is 12.1 Å². The molecule has 118 valence electrons. The van der Waals surface area contributed by atoms with Gasteiger partial charge in [-0.25, -0.2) is 0 Å². The van der Waals surface area contributed by atoms with Gasteiger partial charge in [-0.2, -0.15) is 0 Å². The van der Waals surface area contributed by atoms with Crippen molar-refractivity contribution < 1.29 is 19.7 Å². The maximum absolute atomic E-state index is 10.6. The highest BCUT2D eigenvalue weighted by Gasteiger charge is 2.11. The van der Waals surface area contributed by atoms with E-state index in [0.29, 0.717) is 6.54 Å². The Morgan fingerprint density at radius 3 is 2.73 bits per heavy atom. The fourth-order valence-corrected chi connectivity index (χ4v) is 2.24. The smallest absolute Gasteiger partial charge is 0.304 e. The lowest BCUT2D eigenvalue weighted by molar-refractivity contribution is -0.137. The lowest BCUT2D eigenvalue weighted by Gasteiger charge is -2.17. The Hall–Kier alpha value is -2.11. The van der Waals surface area contributed by atoms with Crippen molar-refractivity contribution in [1.82, 2.24) is 5.32 Å². The molecule has 2 rings (SSSR count). The molecule has 3 N–H and O–H groups in total. The maximum atomic E-state index is 10.6. The molecule has 2 unspecified atom stereocenters. The first-order chi connectivity index (χ1) is 10.6. The Balaban J connectivity index is 1.85. The van der Waals surface area contributed by atoms with E-state index in [1.807, 2.05) is 42.5 Å². The average Bonchev–Trinajstić information content (AvgIpc) is 2.50. The highest BCUT2D eigenvalue weighted by Crippen LogP contribution is 2.25. The number of aliphatic carboxylic acids is 1. The fraction of sp³-hybridized carbons (Fsp3) is 0.353. The molecule has 0 aromatic heterocycles. The summed E-state index contributed by atoms with van der Waals surface area (Å²) in [6, 6.07) is 13.5. The number of carboxylic acid groups (broad SMARTS) is 1. The van der Waals surface area contributed by atoms with Gasteiger partial charge in [-0.15, -0.1) is 0 Å². The summed E-state index contributed by atoms with van der Waals surface area (Å²) in [5.74, 6) is -0.128. The zero-order valence-electron chi connectivity index (χ0n) is 12.5. The van der Waals surface area contributed by atoms with Crippen LogP contribution in [0.25, 0.3) is 10.8 Å². The van der Waals surface area contributed by atoms with Gasteiger partial charge in [-0.3, -0.25) is 4.79 Å². The summed E-state index contributed by atoms with van der Waals surface area (Å²) in [6.45, 7) is 2.21. The molecule has 0 saturated heterocycles.